The van der Waals surface area contributed by atoms with Gasteiger partial charge in [0, 0.05) is 10.6 Å². The first kappa shape index (κ1) is 15.3. The van der Waals surface area contributed by atoms with Crippen molar-refractivity contribution in [3.8, 4) is 0 Å². The van der Waals surface area contributed by atoms with Crippen LogP contribution < -0.4 is 5.32 Å². The van der Waals surface area contributed by atoms with E-state index in [1.807, 2.05) is 31.4 Å². The molecule has 4 nitrogen and oxygen atoms in total. The smallest absolute Gasteiger partial charge is 0.307 e. The Morgan fingerprint density at radius 3 is 2.38 bits per heavy atom. The number of aliphatic carboxylic acids is 1. The second kappa shape index (κ2) is 6.10. The van der Waals surface area contributed by atoms with Crippen LogP contribution in [0.1, 0.15) is 24.3 Å². The zero-order valence-corrected chi connectivity index (χ0v) is 12.7. The Morgan fingerprint density at radius 1 is 1.19 bits per heavy atom. The van der Waals surface area contributed by atoms with E-state index in [4.69, 9.17) is 5.11 Å². The summed E-state index contributed by atoms with van der Waals surface area (Å²) in [7, 11) is 0. The van der Waals surface area contributed by atoms with E-state index in [1.54, 1.807) is 35.6 Å². The number of rotatable bonds is 5. The van der Waals surface area contributed by atoms with Crippen LogP contribution in [-0.2, 0) is 21.4 Å². The molecule has 0 atom stereocenters. The number of hydrogen-bond acceptors (Lipinski definition) is 3. The molecule has 0 radical (unpaired) electrons. The lowest BCUT2D eigenvalue weighted by Crippen LogP contribution is -2.33. The molecule has 0 saturated heterocycles. The zero-order chi connectivity index (χ0) is 15.5. The van der Waals surface area contributed by atoms with Gasteiger partial charge in [-0.25, -0.2) is 0 Å². The van der Waals surface area contributed by atoms with Gasteiger partial charge in [0.25, 0.3) is 0 Å². The SMILES string of the molecule is CC(C)(C(=O)Nc1ccc(CC(=O)O)cc1)c1cccs1. The number of hydrogen-bond donors (Lipinski definition) is 2. The summed E-state index contributed by atoms with van der Waals surface area (Å²) in [4.78, 5) is 24.0. The summed E-state index contributed by atoms with van der Waals surface area (Å²) in [6.07, 6.45) is -0.0189. The number of anilines is 1. The maximum atomic E-state index is 12.4. The number of nitrogens with one attached hydrogen (secondary N) is 1. The summed E-state index contributed by atoms with van der Waals surface area (Å²) >= 11 is 1.55. The van der Waals surface area contributed by atoms with Gasteiger partial charge in [0.1, 0.15) is 0 Å². The van der Waals surface area contributed by atoms with E-state index in [-0.39, 0.29) is 12.3 Å². The highest BCUT2D eigenvalue weighted by Gasteiger charge is 2.30. The summed E-state index contributed by atoms with van der Waals surface area (Å²) in [5.41, 5.74) is 0.769. The van der Waals surface area contributed by atoms with E-state index >= 15 is 0 Å². The minimum Gasteiger partial charge on any atom is -0.481 e. The van der Waals surface area contributed by atoms with E-state index in [2.05, 4.69) is 5.32 Å². The van der Waals surface area contributed by atoms with Gasteiger partial charge in [-0.05, 0) is 43.0 Å². The molecule has 1 amide bonds. The molecule has 5 heteroatoms. The Morgan fingerprint density at radius 2 is 1.86 bits per heavy atom. The van der Waals surface area contributed by atoms with Crippen molar-refractivity contribution in [2.24, 2.45) is 0 Å². The fourth-order valence-corrected chi connectivity index (χ4v) is 2.76. The minimum atomic E-state index is -0.870. The molecule has 0 unspecified atom stereocenters. The topological polar surface area (TPSA) is 66.4 Å². The van der Waals surface area contributed by atoms with Crippen LogP contribution in [0.3, 0.4) is 0 Å². The Hall–Kier alpha value is -2.14. The summed E-state index contributed by atoms with van der Waals surface area (Å²) < 4.78 is 0. The second-order valence-electron chi connectivity index (χ2n) is 5.32. The average Bonchev–Trinajstić information content (AvgIpc) is 2.95. The van der Waals surface area contributed by atoms with Crippen molar-refractivity contribution in [1.29, 1.82) is 0 Å². The Balaban J connectivity index is 2.07. The van der Waals surface area contributed by atoms with Gasteiger partial charge in [-0.15, -0.1) is 11.3 Å². The Kier molecular flexibility index (Phi) is 4.43. The lowest BCUT2D eigenvalue weighted by molar-refractivity contribution is -0.136. The van der Waals surface area contributed by atoms with Crippen LogP contribution in [0.5, 0.6) is 0 Å². The molecule has 0 bridgehead atoms. The molecule has 1 heterocycles. The minimum absolute atomic E-state index is 0.0189. The van der Waals surface area contributed by atoms with Crippen molar-refractivity contribution in [2.75, 3.05) is 5.32 Å². The van der Waals surface area contributed by atoms with Gasteiger partial charge in [-0.3, -0.25) is 9.59 Å². The number of carbonyl (C=O) groups is 2. The van der Waals surface area contributed by atoms with E-state index in [9.17, 15) is 9.59 Å². The highest BCUT2D eigenvalue weighted by Crippen LogP contribution is 2.28. The molecule has 0 aliphatic carbocycles. The van der Waals surface area contributed by atoms with Crippen molar-refractivity contribution in [1.82, 2.24) is 0 Å². The first-order valence-electron chi connectivity index (χ1n) is 6.56. The molecule has 0 fully saturated rings. The number of carboxylic acid groups (broad SMARTS) is 1. The fraction of sp³-hybridized carbons (Fsp3) is 0.250. The molecule has 2 N–H and O–H groups in total. The number of thiophene rings is 1. The van der Waals surface area contributed by atoms with Crippen LogP contribution in [0.15, 0.2) is 41.8 Å². The normalized spacial score (nSPS) is 11.1. The molecule has 0 aliphatic rings. The third kappa shape index (κ3) is 3.70. The highest BCUT2D eigenvalue weighted by atomic mass is 32.1. The number of carboxylic acids is 1. The Bertz CT molecular complexity index is 630. The number of carbonyl (C=O) groups excluding carboxylic acids is 1. The lowest BCUT2D eigenvalue weighted by Gasteiger charge is -2.22. The maximum absolute atomic E-state index is 12.4. The van der Waals surface area contributed by atoms with Crippen LogP contribution in [0, 0.1) is 0 Å². The maximum Gasteiger partial charge on any atom is 0.307 e. The van der Waals surface area contributed by atoms with E-state index < -0.39 is 11.4 Å². The molecule has 0 saturated carbocycles. The monoisotopic (exact) mass is 303 g/mol. The molecule has 2 aromatic rings. The summed E-state index contributed by atoms with van der Waals surface area (Å²) in [6.45, 7) is 3.76. The van der Waals surface area contributed by atoms with Gasteiger partial charge in [0.2, 0.25) is 5.91 Å². The predicted molar refractivity (Wildman–Crippen MR) is 83.8 cm³/mol. The molecule has 1 aromatic carbocycles. The first-order valence-corrected chi connectivity index (χ1v) is 7.44. The molecule has 1 aromatic heterocycles. The van der Waals surface area contributed by atoms with E-state index in [0.29, 0.717) is 11.3 Å². The van der Waals surface area contributed by atoms with Crippen LogP contribution in [0.2, 0.25) is 0 Å². The molecule has 110 valence electrons. The molecule has 0 spiro atoms. The second-order valence-corrected chi connectivity index (χ2v) is 6.27. The van der Waals surface area contributed by atoms with Crippen LogP contribution in [-0.4, -0.2) is 17.0 Å². The fourth-order valence-electron chi connectivity index (χ4n) is 1.91. The number of benzene rings is 1. The van der Waals surface area contributed by atoms with Crippen LogP contribution in [0.4, 0.5) is 5.69 Å². The number of amides is 1. The van der Waals surface area contributed by atoms with Crippen molar-refractivity contribution < 1.29 is 14.7 Å². The van der Waals surface area contributed by atoms with Crippen molar-refractivity contribution >= 4 is 28.9 Å². The zero-order valence-electron chi connectivity index (χ0n) is 11.9. The lowest BCUT2D eigenvalue weighted by atomic mass is 9.90. The average molecular weight is 303 g/mol. The van der Waals surface area contributed by atoms with Gasteiger partial charge < -0.3 is 10.4 Å². The van der Waals surface area contributed by atoms with Gasteiger partial charge >= 0.3 is 5.97 Å². The standard InChI is InChI=1S/C16H17NO3S/c1-16(2,13-4-3-9-21-13)15(20)17-12-7-5-11(6-8-12)10-14(18)19/h3-9H,10H2,1-2H3,(H,17,20)(H,18,19). The van der Waals surface area contributed by atoms with E-state index in [0.717, 1.165) is 4.88 Å². The van der Waals surface area contributed by atoms with Crippen LogP contribution >= 0.6 is 11.3 Å². The highest BCUT2D eigenvalue weighted by molar-refractivity contribution is 7.10. The summed E-state index contributed by atoms with van der Waals surface area (Å²) in [5, 5.41) is 13.5. The third-order valence-corrected chi connectivity index (χ3v) is 4.47. The largest absolute Gasteiger partial charge is 0.481 e. The van der Waals surface area contributed by atoms with Crippen molar-refractivity contribution in [3.05, 3.63) is 52.2 Å². The molecule has 21 heavy (non-hydrogen) atoms. The predicted octanol–water partition coefficient (Wildman–Crippen LogP) is 3.29. The van der Waals surface area contributed by atoms with Gasteiger partial charge in [-0.1, -0.05) is 18.2 Å². The molecule has 2 rings (SSSR count). The van der Waals surface area contributed by atoms with Crippen LogP contribution in [0.25, 0.3) is 0 Å². The quantitative estimate of drug-likeness (QED) is 0.890. The summed E-state index contributed by atoms with van der Waals surface area (Å²) in [5.74, 6) is -0.957. The van der Waals surface area contributed by atoms with E-state index in [1.165, 1.54) is 0 Å². The Labute approximate surface area is 127 Å². The van der Waals surface area contributed by atoms with Gasteiger partial charge in [0.05, 0.1) is 11.8 Å². The van der Waals surface area contributed by atoms with Crippen molar-refractivity contribution in [3.63, 3.8) is 0 Å². The van der Waals surface area contributed by atoms with Crippen molar-refractivity contribution in [2.45, 2.75) is 25.7 Å². The van der Waals surface area contributed by atoms with Gasteiger partial charge in [0.15, 0.2) is 0 Å². The molecular weight excluding hydrogens is 286 g/mol. The third-order valence-electron chi connectivity index (χ3n) is 3.27. The first-order chi connectivity index (χ1) is 9.89. The van der Waals surface area contributed by atoms with Gasteiger partial charge in [-0.2, -0.15) is 0 Å². The summed E-state index contributed by atoms with van der Waals surface area (Å²) in [6, 6.07) is 10.7. The molecule has 0 aliphatic heterocycles. The molecular formula is C16H17NO3S.